The Kier molecular flexibility index (Phi) is 4.98. The van der Waals surface area contributed by atoms with Crippen LogP contribution in [0.4, 0.5) is 10.1 Å². The fourth-order valence-electron chi connectivity index (χ4n) is 3.71. The van der Waals surface area contributed by atoms with E-state index < -0.39 is 25.0 Å². The van der Waals surface area contributed by atoms with Crippen molar-refractivity contribution in [3.63, 3.8) is 0 Å². The lowest BCUT2D eigenvalue weighted by Crippen LogP contribution is -2.45. The van der Waals surface area contributed by atoms with E-state index in [1.807, 2.05) is 0 Å². The second kappa shape index (κ2) is 7.21. The number of anilines is 1. The molecule has 156 valence electrons. The average molecular weight is 425 g/mol. The van der Waals surface area contributed by atoms with Crippen LogP contribution < -0.4 is 10.3 Å². The molecule has 2 N–H and O–H groups in total. The maximum Gasteiger partial charge on any atom is 0.405 e. The lowest BCUT2D eigenvalue weighted by molar-refractivity contribution is 0.0694. The molecule has 2 aliphatic rings. The summed E-state index contributed by atoms with van der Waals surface area (Å²) in [6, 6.07) is 2.76. The molecule has 1 saturated carbocycles. The summed E-state index contributed by atoms with van der Waals surface area (Å²) in [4.78, 5) is 35.5. The molecule has 2 heterocycles. The Hall–Kier alpha value is -2.26. The van der Waals surface area contributed by atoms with E-state index in [-0.39, 0.29) is 35.8 Å². The molecule has 0 spiro atoms. The molecule has 9 nitrogen and oxygen atoms in total. The van der Waals surface area contributed by atoms with Crippen LogP contribution in [0.5, 0.6) is 0 Å². The molecule has 0 amide bonds. The highest BCUT2D eigenvalue weighted by Gasteiger charge is 2.33. The Labute approximate surface area is 165 Å². The number of halogens is 1. The van der Waals surface area contributed by atoms with Crippen LogP contribution in [0, 0.1) is 5.82 Å². The van der Waals surface area contributed by atoms with Crippen molar-refractivity contribution in [3.05, 3.63) is 39.9 Å². The number of rotatable bonds is 5. The number of fused-ring (bicyclic) bond motifs is 1. The summed E-state index contributed by atoms with van der Waals surface area (Å²) in [5.41, 5.74) is -0.310. The fraction of sp³-hybridized carbons (Fsp3) is 0.444. The molecule has 1 saturated heterocycles. The van der Waals surface area contributed by atoms with Crippen LogP contribution in [0.2, 0.25) is 0 Å². The normalized spacial score (nSPS) is 20.0. The van der Waals surface area contributed by atoms with Gasteiger partial charge in [-0.3, -0.25) is 4.79 Å². The summed E-state index contributed by atoms with van der Waals surface area (Å²) in [6.07, 6.45) is 3.07. The minimum Gasteiger partial charge on any atom is -0.477 e. The molecule has 1 aromatic heterocycles. The molecule has 11 heteroatoms. The number of nitrogens with zero attached hydrogens (tertiary/aromatic N) is 3. The van der Waals surface area contributed by atoms with Crippen molar-refractivity contribution in [1.29, 1.82) is 0 Å². The van der Waals surface area contributed by atoms with Crippen LogP contribution in [-0.2, 0) is 9.09 Å². The predicted molar refractivity (Wildman–Crippen MR) is 104 cm³/mol. The maximum atomic E-state index is 14.9. The molecule has 1 unspecified atom stereocenters. The molecule has 4 rings (SSSR count). The van der Waals surface area contributed by atoms with E-state index >= 15 is 0 Å². The molecular formula is C18H21FN3O6P. The Bertz CT molecular complexity index is 1090. The van der Waals surface area contributed by atoms with E-state index in [9.17, 15) is 28.5 Å². The smallest absolute Gasteiger partial charge is 0.405 e. The van der Waals surface area contributed by atoms with Crippen molar-refractivity contribution < 1.29 is 28.3 Å². The SMILES string of the molecule is COP(=O)(O)N1CCN(c2cc3c(cc2F)c(=O)c(C(=O)O)cn3C2CC2)CC1. The molecule has 0 bridgehead atoms. The van der Waals surface area contributed by atoms with E-state index in [1.54, 1.807) is 15.5 Å². The first-order valence-corrected chi connectivity index (χ1v) is 10.8. The zero-order valence-corrected chi connectivity index (χ0v) is 16.6. The minimum absolute atomic E-state index is 0.0379. The van der Waals surface area contributed by atoms with Crippen molar-refractivity contribution in [1.82, 2.24) is 9.24 Å². The Morgan fingerprint density at radius 1 is 1.24 bits per heavy atom. The van der Waals surface area contributed by atoms with E-state index in [0.29, 0.717) is 18.6 Å². The van der Waals surface area contributed by atoms with Gasteiger partial charge in [0, 0.05) is 50.9 Å². The number of benzene rings is 1. The van der Waals surface area contributed by atoms with Gasteiger partial charge in [0.25, 0.3) is 0 Å². The van der Waals surface area contributed by atoms with E-state index in [0.717, 1.165) is 18.9 Å². The highest BCUT2D eigenvalue weighted by molar-refractivity contribution is 7.50. The molecule has 1 aliphatic heterocycles. The van der Waals surface area contributed by atoms with Crippen LogP contribution in [0.3, 0.4) is 0 Å². The zero-order chi connectivity index (χ0) is 20.9. The average Bonchev–Trinajstić information content (AvgIpc) is 3.53. The summed E-state index contributed by atoms with van der Waals surface area (Å²) in [5, 5.41) is 9.35. The molecule has 0 radical (unpaired) electrons. The Morgan fingerprint density at radius 2 is 1.90 bits per heavy atom. The lowest BCUT2D eigenvalue weighted by Gasteiger charge is -2.37. The highest BCUT2D eigenvalue weighted by atomic mass is 31.2. The molecule has 2 aromatic rings. The van der Waals surface area contributed by atoms with Crippen LogP contribution in [0.15, 0.2) is 23.1 Å². The summed E-state index contributed by atoms with van der Waals surface area (Å²) in [6.45, 7) is 1.04. The zero-order valence-electron chi connectivity index (χ0n) is 15.7. The summed E-state index contributed by atoms with van der Waals surface area (Å²) < 4.78 is 34.6. The first kappa shape index (κ1) is 20.0. The third-order valence-electron chi connectivity index (χ3n) is 5.46. The van der Waals surface area contributed by atoms with Crippen molar-refractivity contribution in [2.75, 3.05) is 38.2 Å². The predicted octanol–water partition coefficient (Wildman–Crippen LogP) is 2.04. The van der Waals surface area contributed by atoms with Gasteiger partial charge in [0.1, 0.15) is 11.4 Å². The number of piperazine rings is 1. The molecule has 1 aromatic carbocycles. The van der Waals surface area contributed by atoms with Crippen LogP contribution in [0.25, 0.3) is 10.9 Å². The van der Waals surface area contributed by atoms with E-state index in [2.05, 4.69) is 4.52 Å². The van der Waals surface area contributed by atoms with Crippen molar-refractivity contribution in [2.24, 2.45) is 0 Å². The monoisotopic (exact) mass is 425 g/mol. The second-order valence-corrected chi connectivity index (χ2v) is 9.16. The van der Waals surface area contributed by atoms with Crippen molar-refractivity contribution >= 4 is 30.3 Å². The van der Waals surface area contributed by atoms with Gasteiger partial charge in [0.05, 0.1) is 11.2 Å². The van der Waals surface area contributed by atoms with Gasteiger partial charge in [-0.1, -0.05) is 0 Å². The summed E-state index contributed by atoms with van der Waals surface area (Å²) in [7, 11) is -2.67. The first-order chi connectivity index (χ1) is 13.7. The number of carbonyl (C=O) groups is 1. The van der Waals surface area contributed by atoms with Gasteiger partial charge in [0.15, 0.2) is 0 Å². The Morgan fingerprint density at radius 3 is 2.45 bits per heavy atom. The lowest BCUT2D eigenvalue weighted by atomic mass is 10.1. The summed E-state index contributed by atoms with van der Waals surface area (Å²) in [5.74, 6) is -1.97. The third kappa shape index (κ3) is 3.57. The number of hydrogen-bond acceptors (Lipinski definition) is 5. The van der Waals surface area contributed by atoms with Crippen LogP contribution in [-0.4, -0.2) is 58.5 Å². The van der Waals surface area contributed by atoms with Gasteiger partial charge >= 0.3 is 13.7 Å². The first-order valence-electron chi connectivity index (χ1n) is 9.23. The van der Waals surface area contributed by atoms with Gasteiger partial charge in [-0.15, -0.1) is 0 Å². The Balaban J connectivity index is 1.74. The van der Waals surface area contributed by atoms with Crippen molar-refractivity contribution in [2.45, 2.75) is 18.9 Å². The third-order valence-corrected chi connectivity index (χ3v) is 7.05. The quantitative estimate of drug-likeness (QED) is 0.700. The number of carboxylic acid groups (broad SMARTS) is 1. The standard InChI is InChI=1S/C18H21FN3O6P/c1-28-29(26,27)21-6-4-20(5-7-21)16-9-15-12(8-14(16)19)17(23)13(18(24)25)10-22(15)11-2-3-11/h8-11H,2-7H2,1H3,(H,24,25)(H,26,27). The number of carboxylic acids is 1. The minimum atomic E-state index is -3.84. The van der Waals surface area contributed by atoms with Crippen LogP contribution in [0.1, 0.15) is 29.2 Å². The summed E-state index contributed by atoms with van der Waals surface area (Å²) >= 11 is 0. The van der Waals surface area contributed by atoms with Gasteiger partial charge < -0.3 is 24.0 Å². The molecular weight excluding hydrogens is 404 g/mol. The number of aromatic nitrogens is 1. The van der Waals surface area contributed by atoms with Gasteiger partial charge in [-0.2, -0.15) is 0 Å². The highest BCUT2D eigenvalue weighted by Crippen LogP contribution is 2.46. The topological polar surface area (TPSA) is 112 Å². The van der Waals surface area contributed by atoms with Crippen LogP contribution >= 0.6 is 7.75 Å². The molecule has 1 atom stereocenters. The van der Waals surface area contributed by atoms with E-state index in [4.69, 9.17) is 0 Å². The molecule has 2 fully saturated rings. The number of pyridine rings is 1. The number of aromatic carboxylic acids is 1. The molecule has 1 aliphatic carbocycles. The largest absolute Gasteiger partial charge is 0.477 e. The number of hydrogen-bond donors (Lipinski definition) is 2. The van der Waals surface area contributed by atoms with Crippen molar-refractivity contribution in [3.8, 4) is 0 Å². The van der Waals surface area contributed by atoms with Gasteiger partial charge in [-0.05, 0) is 25.0 Å². The van der Waals surface area contributed by atoms with Gasteiger partial charge in [0.2, 0.25) is 5.43 Å². The van der Waals surface area contributed by atoms with Gasteiger partial charge in [-0.25, -0.2) is 18.4 Å². The second-order valence-electron chi connectivity index (χ2n) is 7.25. The fourth-order valence-corrected chi connectivity index (χ4v) is 4.63. The molecule has 29 heavy (non-hydrogen) atoms. The van der Waals surface area contributed by atoms with E-state index in [1.165, 1.54) is 18.0 Å². The maximum absolute atomic E-state index is 14.9.